The van der Waals surface area contributed by atoms with Gasteiger partial charge in [0, 0.05) is 17.8 Å². The van der Waals surface area contributed by atoms with Crippen LogP contribution in [0.4, 0.5) is 0 Å². The van der Waals surface area contributed by atoms with Crippen molar-refractivity contribution in [3.05, 3.63) is 0 Å². The fourth-order valence-corrected chi connectivity index (χ4v) is 4.32. The molecule has 0 heterocycles. The number of nitrogens with one attached hydrogen (secondary N) is 1. The Hall–Kier alpha value is 0.310. The largest absolute Gasteiger partial charge is 0.313 e. The number of hydrogen-bond donors (Lipinski definition) is 1. The molecular weight excluding hydrogens is 226 g/mol. The predicted octanol–water partition coefficient (Wildman–Crippen LogP) is 4.22. The van der Waals surface area contributed by atoms with Crippen LogP contribution in [0.3, 0.4) is 0 Å². The van der Waals surface area contributed by atoms with Crippen LogP contribution in [0, 0.1) is 5.92 Å². The third-order valence-corrected chi connectivity index (χ3v) is 5.79. The van der Waals surface area contributed by atoms with Gasteiger partial charge in [-0.15, -0.1) is 0 Å². The lowest BCUT2D eigenvalue weighted by atomic mass is 9.95. The first-order valence-electron chi connectivity index (χ1n) is 7.69. The Labute approximate surface area is 112 Å². The van der Waals surface area contributed by atoms with Gasteiger partial charge in [-0.3, -0.25) is 0 Å². The van der Waals surface area contributed by atoms with Crippen LogP contribution in [0.25, 0.3) is 0 Å². The van der Waals surface area contributed by atoms with E-state index in [2.05, 4.69) is 24.0 Å². The summed E-state index contributed by atoms with van der Waals surface area (Å²) < 4.78 is 0. The van der Waals surface area contributed by atoms with E-state index < -0.39 is 0 Å². The van der Waals surface area contributed by atoms with Crippen molar-refractivity contribution in [3.63, 3.8) is 0 Å². The molecule has 1 atom stereocenters. The van der Waals surface area contributed by atoms with Crippen molar-refractivity contribution >= 4 is 11.8 Å². The second-order valence-corrected chi connectivity index (χ2v) is 7.51. The highest BCUT2D eigenvalue weighted by Gasteiger charge is 2.17. The van der Waals surface area contributed by atoms with Gasteiger partial charge < -0.3 is 5.32 Å². The summed E-state index contributed by atoms with van der Waals surface area (Å²) in [5.74, 6) is 2.45. The Morgan fingerprint density at radius 1 is 1.00 bits per heavy atom. The Bertz CT molecular complexity index is 195. The topological polar surface area (TPSA) is 12.0 Å². The maximum Gasteiger partial charge on any atom is 0.0144 e. The Morgan fingerprint density at radius 2 is 1.65 bits per heavy atom. The summed E-state index contributed by atoms with van der Waals surface area (Å²) in [6.07, 6.45) is 13.2. The highest BCUT2D eigenvalue weighted by Crippen LogP contribution is 2.29. The van der Waals surface area contributed by atoms with Crippen LogP contribution < -0.4 is 5.32 Å². The summed E-state index contributed by atoms with van der Waals surface area (Å²) in [5, 5.41) is 4.58. The van der Waals surface area contributed by atoms with Gasteiger partial charge in [0.1, 0.15) is 0 Å². The van der Waals surface area contributed by atoms with Crippen LogP contribution in [0.1, 0.15) is 64.7 Å². The normalized spacial score (nSPS) is 25.2. The smallest absolute Gasteiger partial charge is 0.0144 e. The van der Waals surface area contributed by atoms with E-state index >= 15 is 0 Å². The molecule has 2 saturated carbocycles. The zero-order valence-corrected chi connectivity index (χ0v) is 12.2. The molecule has 2 aliphatic rings. The molecule has 0 aromatic rings. The van der Waals surface area contributed by atoms with E-state index in [-0.39, 0.29) is 0 Å². The van der Waals surface area contributed by atoms with E-state index in [9.17, 15) is 0 Å². The summed E-state index contributed by atoms with van der Waals surface area (Å²) in [7, 11) is 0. The molecule has 1 unspecified atom stereocenters. The lowest BCUT2D eigenvalue weighted by Crippen LogP contribution is -2.35. The zero-order valence-electron chi connectivity index (χ0n) is 11.4. The molecule has 2 heteroatoms. The average Bonchev–Trinajstić information content (AvgIpc) is 2.88. The van der Waals surface area contributed by atoms with Crippen molar-refractivity contribution in [2.24, 2.45) is 5.92 Å². The minimum atomic E-state index is 0.803. The fraction of sp³-hybridized carbons (Fsp3) is 1.00. The molecule has 2 rings (SSSR count). The Balaban J connectivity index is 1.52. The summed E-state index contributed by atoms with van der Waals surface area (Å²) in [5.41, 5.74) is 0. The number of hydrogen-bond acceptors (Lipinski definition) is 2. The maximum absolute atomic E-state index is 3.78. The summed E-state index contributed by atoms with van der Waals surface area (Å²) in [6.45, 7) is 3.62. The van der Waals surface area contributed by atoms with E-state index in [1.165, 1.54) is 70.1 Å². The van der Waals surface area contributed by atoms with Crippen molar-refractivity contribution in [3.8, 4) is 0 Å². The Morgan fingerprint density at radius 3 is 2.35 bits per heavy atom. The van der Waals surface area contributed by atoms with E-state index in [1.807, 2.05) is 0 Å². The first kappa shape index (κ1) is 13.7. The third kappa shape index (κ3) is 5.21. The van der Waals surface area contributed by atoms with Gasteiger partial charge in [-0.05, 0) is 37.4 Å². The lowest BCUT2D eigenvalue weighted by molar-refractivity contribution is 0.375. The van der Waals surface area contributed by atoms with Gasteiger partial charge in [-0.25, -0.2) is 0 Å². The SMILES string of the molecule is CC(CNC1CCCCC1)SCC1CCCC1. The van der Waals surface area contributed by atoms with E-state index in [1.54, 1.807) is 0 Å². The molecule has 0 amide bonds. The molecule has 100 valence electrons. The summed E-state index contributed by atoms with van der Waals surface area (Å²) in [4.78, 5) is 0. The minimum absolute atomic E-state index is 0.803. The molecule has 0 radical (unpaired) electrons. The van der Waals surface area contributed by atoms with Gasteiger partial charge in [0.25, 0.3) is 0 Å². The second kappa shape index (κ2) is 7.68. The standard InChI is InChI=1S/C15H29NS/c1-13(17-12-14-7-5-6-8-14)11-16-15-9-3-2-4-10-15/h13-16H,2-12H2,1H3. The van der Waals surface area contributed by atoms with Crippen molar-refractivity contribution in [1.29, 1.82) is 0 Å². The first-order valence-corrected chi connectivity index (χ1v) is 8.74. The van der Waals surface area contributed by atoms with Crippen molar-refractivity contribution in [2.75, 3.05) is 12.3 Å². The van der Waals surface area contributed by atoms with Crippen molar-refractivity contribution < 1.29 is 0 Å². The van der Waals surface area contributed by atoms with Crippen LogP contribution in [0.2, 0.25) is 0 Å². The summed E-state index contributed by atoms with van der Waals surface area (Å²) in [6, 6.07) is 0.832. The first-order chi connectivity index (χ1) is 8.34. The van der Waals surface area contributed by atoms with Gasteiger partial charge in [-0.1, -0.05) is 39.0 Å². The highest BCUT2D eigenvalue weighted by atomic mass is 32.2. The van der Waals surface area contributed by atoms with Gasteiger partial charge in [0.15, 0.2) is 0 Å². The zero-order chi connectivity index (χ0) is 11.9. The molecule has 0 aromatic carbocycles. The number of rotatable bonds is 6. The van der Waals surface area contributed by atoms with Crippen LogP contribution in [0.15, 0.2) is 0 Å². The molecule has 2 fully saturated rings. The predicted molar refractivity (Wildman–Crippen MR) is 78.8 cm³/mol. The molecule has 1 N–H and O–H groups in total. The molecule has 0 spiro atoms. The highest BCUT2D eigenvalue weighted by molar-refractivity contribution is 7.99. The molecule has 0 saturated heterocycles. The van der Waals surface area contributed by atoms with E-state index in [4.69, 9.17) is 0 Å². The molecular formula is C15H29NS. The molecule has 17 heavy (non-hydrogen) atoms. The lowest BCUT2D eigenvalue weighted by Gasteiger charge is -2.24. The second-order valence-electron chi connectivity index (χ2n) is 6.04. The van der Waals surface area contributed by atoms with Crippen molar-refractivity contribution in [2.45, 2.75) is 76.0 Å². The van der Waals surface area contributed by atoms with Gasteiger partial charge in [-0.2, -0.15) is 11.8 Å². The quantitative estimate of drug-likeness (QED) is 0.762. The van der Waals surface area contributed by atoms with Crippen molar-refractivity contribution in [1.82, 2.24) is 5.32 Å². The van der Waals surface area contributed by atoms with Crippen LogP contribution >= 0.6 is 11.8 Å². The number of thioether (sulfide) groups is 1. The van der Waals surface area contributed by atoms with Gasteiger partial charge in [0.2, 0.25) is 0 Å². The van der Waals surface area contributed by atoms with Gasteiger partial charge in [0.05, 0.1) is 0 Å². The monoisotopic (exact) mass is 255 g/mol. The molecule has 1 nitrogen and oxygen atoms in total. The average molecular weight is 255 g/mol. The Kier molecular flexibility index (Phi) is 6.21. The van der Waals surface area contributed by atoms with Crippen LogP contribution in [-0.4, -0.2) is 23.6 Å². The molecule has 2 aliphatic carbocycles. The maximum atomic E-state index is 3.78. The van der Waals surface area contributed by atoms with E-state index in [0.717, 1.165) is 17.2 Å². The minimum Gasteiger partial charge on any atom is -0.313 e. The molecule has 0 aliphatic heterocycles. The fourth-order valence-electron chi connectivity index (χ4n) is 3.18. The van der Waals surface area contributed by atoms with Gasteiger partial charge >= 0.3 is 0 Å². The third-order valence-electron chi connectivity index (χ3n) is 4.39. The molecule has 0 aromatic heterocycles. The van der Waals surface area contributed by atoms with Crippen LogP contribution in [0.5, 0.6) is 0 Å². The molecule has 0 bridgehead atoms. The van der Waals surface area contributed by atoms with Crippen LogP contribution in [-0.2, 0) is 0 Å². The summed E-state index contributed by atoms with van der Waals surface area (Å²) >= 11 is 2.20. The van der Waals surface area contributed by atoms with E-state index in [0.29, 0.717) is 0 Å².